The molecule has 2 aromatic heterocycles. The van der Waals surface area contributed by atoms with E-state index in [9.17, 15) is 8.42 Å². The normalized spacial score (nSPS) is 20.3. The lowest BCUT2D eigenvalue weighted by Crippen LogP contribution is -2.42. The van der Waals surface area contributed by atoms with Crippen molar-refractivity contribution in [2.45, 2.75) is 36.7 Å². The first-order valence-electron chi connectivity index (χ1n) is 7.00. The van der Waals surface area contributed by atoms with E-state index in [4.69, 9.17) is 9.26 Å². The largest absolute Gasteiger partial charge is 0.367 e. The molecule has 3 heterocycles. The lowest BCUT2D eigenvalue weighted by Gasteiger charge is -2.31. The van der Waals surface area contributed by atoms with E-state index in [0.717, 1.165) is 12.8 Å². The SMILES string of the molecule is Cc1noc(COC2CCCN(S(=O)(=O)c3cccs3)C2)n1. The van der Waals surface area contributed by atoms with Crippen LogP contribution < -0.4 is 0 Å². The van der Waals surface area contributed by atoms with E-state index in [0.29, 0.717) is 29.0 Å². The van der Waals surface area contributed by atoms with Crippen molar-refractivity contribution in [1.29, 1.82) is 0 Å². The van der Waals surface area contributed by atoms with Gasteiger partial charge in [0.2, 0.25) is 0 Å². The monoisotopic (exact) mass is 343 g/mol. The Kier molecular flexibility index (Phi) is 4.57. The summed E-state index contributed by atoms with van der Waals surface area (Å²) in [6.07, 6.45) is 1.44. The van der Waals surface area contributed by atoms with Crippen LogP contribution in [0.2, 0.25) is 0 Å². The number of thiophene rings is 1. The average molecular weight is 343 g/mol. The van der Waals surface area contributed by atoms with Crippen LogP contribution in [0, 0.1) is 6.92 Å². The molecule has 1 aliphatic rings. The first-order valence-corrected chi connectivity index (χ1v) is 9.32. The van der Waals surface area contributed by atoms with Gasteiger partial charge in [0.25, 0.3) is 15.9 Å². The van der Waals surface area contributed by atoms with Gasteiger partial charge in [0, 0.05) is 13.1 Å². The summed E-state index contributed by atoms with van der Waals surface area (Å²) in [6.45, 7) is 2.83. The first-order chi connectivity index (χ1) is 10.6. The number of piperidine rings is 1. The zero-order chi connectivity index (χ0) is 15.6. The molecule has 0 N–H and O–H groups in total. The zero-order valence-electron chi connectivity index (χ0n) is 12.1. The van der Waals surface area contributed by atoms with Crippen molar-refractivity contribution in [1.82, 2.24) is 14.4 Å². The van der Waals surface area contributed by atoms with Crippen LogP contribution in [0.4, 0.5) is 0 Å². The van der Waals surface area contributed by atoms with Crippen LogP contribution in [-0.2, 0) is 21.4 Å². The Morgan fingerprint density at radius 2 is 2.41 bits per heavy atom. The molecule has 1 fully saturated rings. The van der Waals surface area contributed by atoms with Crippen LogP contribution in [0.3, 0.4) is 0 Å². The van der Waals surface area contributed by atoms with E-state index >= 15 is 0 Å². The van der Waals surface area contributed by atoms with Crippen LogP contribution in [0.15, 0.2) is 26.2 Å². The Hall–Kier alpha value is -1.29. The highest BCUT2D eigenvalue weighted by Gasteiger charge is 2.31. The fourth-order valence-corrected chi connectivity index (χ4v) is 5.04. The minimum absolute atomic E-state index is 0.157. The van der Waals surface area contributed by atoms with Crippen LogP contribution in [0.1, 0.15) is 24.6 Å². The number of hydrogen-bond donors (Lipinski definition) is 0. The minimum Gasteiger partial charge on any atom is -0.367 e. The summed E-state index contributed by atoms with van der Waals surface area (Å²) >= 11 is 1.23. The summed E-state index contributed by atoms with van der Waals surface area (Å²) in [5.41, 5.74) is 0. The molecule has 9 heteroatoms. The zero-order valence-corrected chi connectivity index (χ0v) is 13.8. The highest BCUT2D eigenvalue weighted by atomic mass is 32.2. The van der Waals surface area contributed by atoms with Crippen molar-refractivity contribution < 1.29 is 17.7 Å². The molecule has 120 valence electrons. The maximum atomic E-state index is 12.5. The molecule has 3 rings (SSSR count). The Morgan fingerprint density at radius 1 is 1.55 bits per heavy atom. The summed E-state index contributed by atoms with van der Waals surface area (Å²) in [5.74, 6) is 0.972. The number of nitrogens with zero attached hydrogens (tertiary/aromatic N) is 3. The van der Waals surface area contributed by atoms with Crippen LogP contribution >= 0.6 is 11.3 Å². The van der Waals surface area contributed by atoms with E-state index in [1.54, 1.807) is 24.4 Å². The van der Waals surface area contributed by atoms with E-state index in [1.165, 1.54) is 15.6 Å². The van der Waals surface area contributed by atoms with Crippen molar-refractivity contribution in [3.05, 3.63) is 29.2 Å². The summed E-state index contributed by atoms with van der Waals surface area (Å²) < 4.78 is 37.6. The summed E-state index contributed by atoms with van der Waals surface area (Å²) in [4.78, 5) is 4.07. The molecule has 1 saturated heterocycles. The van der Waals surface area contributed by atoms with Crippen molar-refractivity contribution in [3.8, 4) is 0 Å². The molecule has 1 unspecified atom stereocenters. The van der Waals surface area contributed by atoms with Crippen LogP contribution in [0.25, 0.3) is 0 Å². The number of aryl methyl sites for hydroxylation is 1. The molecular weight excluding hydrogens is 326 g/mol. The van der Waals surface area contributed by atoms with Gasteiger partial charge in [0.1, 0.15) is 10.8 Å². The second-order valence-corrected chi connectivity index (χ2v) is 8.22. The van der Waals surface area contributed by atoms with Gasteiger partial charge in [-0.25, -0.2) is 8.42 Å². The fraction of sp³-hybridized carbons (Fsp3) is 0.538. The van der Waals surface area contributed by atoms with E-state index in [2.05, 4.69) is 10.1 Å². The molecule has 0 amide bonds. The maximum absolute atomic E-state index is 12.5. The fourth-order valence-electron chi connectivity index (χ4n) is 2.38. The van der Waals surface area contributed by atoms with Gasteiger partial charge < -0.3 is 9.26 Å². The molecule has 7 nitrogen and oxygen atoms in total. The average Bonchev–Trinajstić information content (AvgIpc) is 3.17. The molecule has 1 aliphatic heterocycles. The van der Waals surface area contributed by atoms with Crippen LogP contribution in [0.5, 0.6) is 0 Å². The van der Waals surface area contributed by atoms with Gasteiger partial charge in [0.05, 0.1) is 6.10 Å². The van der Waals surface area contributed by atoms with Gasteiger partial charge in [0.15, 0.2) is 5.82 Å². The second kappa shape index (κ2) is 6.45. The third-order valence-electron chi connectivity index (χ3n) is 3.44. The van der Waals surface area contributed by atoms with Crippen molar-refractivity contribution >= 4 is 21.4 Å². The Bertz CT molecular complexity index is 711. The molecule has 0 radical (unpaired) electrons. The van der Waals surface area contributed by atoms with E-state index in [-0.39, 0.29) is 12.7 Å². The van der Waals surface area contributed by atoms with E-state index < -0.39 is 10.0 Å². The second-order valence-electron chi connectivity index (χ2n) is 5.11. The van der Waals surface area contributed by atoms with Crippen LogP contribution in [-0.4, -0.2) is 42.1 Å². The third-order valence-corrected chi connectivity index (χ3v) is 6.68. The van der Waals surface area contributed by atoms with Gasteiger partial charge in [-0.2, -0.15) is 9.29 Å². The molecule has 22 heavy (non-hydrogen) atoms. The molecule has 0 bridgehead atoms. The van der Waals surface area contributed by atoms with Crippen molar-refractivity contribution in [3.63, 3.8) is 0 Å². The van der Waals surface area contributed by atoms with Crippen molar-refractivity contribution in [2.24, 2.45) is 0 Å². The number of rotatable bonds is 5. The molecule has 0 saturated carbocycles. The first kappa shape index (κ1) is 15.6. The molecular formula is C13H17N3O4S2. The van der Waals surface area contributed by atoms with Crippen molar-refractivity contribution in [2.75, 3.05) is 13.1 Å². The van der Waals surface area contributed by atoms with Gasteiger partial charge >= 0.3 is 0 Å². The number of aromatic nitrogens is 2. The molecule has 2 aromatic rings. The predicted octanol–water partition coefficient (Wildman–Crippen LogP) is 1.81. The van der Waals surface area contributed by atoms with Gasteiger partial charge in [-0.3, -0.25) is 0 Å². The molecule has 0 aliphatic carbocycles. The maximum Gasteiger partial charge on any atom is 0.252 e. The topological polar surface area (TPSA) is 85.5 Å². The van der Waals surface area contributed by atoms with Gasteiger partial charge in [-0.1, -0.05) is 11.2 Å². The molecule has 0 aromatic carbocycles. The highest BCUT2D eigenvalue weighted by Crippen LogP contribution is 2.25. The smallest absolute Gasteiger partial charge is 0.252 e. The number of ether oxygens (including phenoxy) is 1. The van der Waals surface area contributed by atoms with Gasteiger partial charge in [-0.05, 0) is 31.2 Å². The summed E-state index contributed by atoms with van der Waals surface area (Å²) in [6, 6.07) is 3.37. The number of sulfonamides is 1. The standard InChI is InChI=1S/C13H17N3O4S2/c1-10-14-12(20-15-10)9-19-11-4-2-6-16(8-11)22(17,18)13-5-3-7-21-13/h3,5,7,11H,2,4,6,8-9H2,1H3. The third kappa shape index (κ3) is 3.37. The Labute approximate surface area is 132 Å². The lowest BCUT2D eigenvalue weighted by molar-refractivity contribution is -0.00293. The minimum atomic E-state index is -3.41. The number of hydrogen-bond acceptors (Lipinski definition) is 7. The quantitative estimate of drug-likeness (QED) is 0.823. The Morgan fingerprint density at radius 3 is 3.09 bits per heavy atom. The Balaban J connectivity index is 1.62. The van der Waals surface area contributed by atoms with E-state index in [1.807, 2.05) is 0 Å². The predicted molar refractivity (Wildman–Crippen MR) is 79.9 cm³/mol. The van der Waals surface area contributed by atoms with Gasteiger partial charge in [-0.15, -0.1) is 11.3 Å². The summed E-state index contributed by atoms with van der Waals surface area (Å²) in [5, 5.41) is 5.46. The highest BCUT2D eigenvalue weighted by molar-refractivity contribution is 7.91. The summed E-state index contributed by atoms with van der Waals surface area (Å²) in [7, 11) is -3.41. The lowest BCUT2D eigenvalue weighted by atomic mass is 10.1. The molecule has 0 spiro atoms. The molecule has 1 atom stereocenters.